The maximum atomic E-state index is 3.90. The fraction of sp³-hybridized carbons (Fsp3) is 0.273. The average molecular weight is 357 g/mol. The quantitative estimate of drug-likeness (QED) is 0.553. The van der Waals surface area contributed by atoms with Gasteiger partial charge in [-0.15, -0.1) is 10.2 Å². The van der Waals surface area contributed by atoms with E-state index in [2.05, 4.69) is 80.5 Å². The van der Waals surface area contributed by atoms with E-state index < -0.39 is 0 Å². The van der Waals surface area contributed by atoms with Gasteiger partial charge in [0.2, 0.25) is 0 Å². The maximum absolute atomic E-state index is 3.90. The van der Waals surface area contributed by atoms with Gasteiger partial charge < -0.3 is 4.57 Å². The summed E-state index contributed by atoms with van der Waals surface area (Å²) in [6, 6.07) is 20.2. The van der Waals surface area contributed by atoms with Gasteiger partial charge in [-0.05, 0) is 42.7 Å². The van der Waals surface area contributed by atoms with Gasteiger partial charge in [0.05, 0.1) is 0 Å². The fourth-order valence-corrected chi connectivity index (χ4v) is 4.16. The minimum atomic E-state index is 0.579. The molecule has 0 saturated carbocycles. The van der Waals surface area contributed by atoms with Crippen LogP contribution in [-0.2, 0) is 6.54 Å². The lowest BCUT2D eigenvalue weighted by Gasteiger charge is -2.33. The molecule has 5 nitrogen and oxygen atoms in total. The lowest BCUT2D eigenvalue weighted by molar-refractivity contribution is 0.181. The molecule has 2 aromatic heterocycles. The lowest BCUT2D eigenvalue weighted by atomic mass is 10.0. The molecular formula is C22H23N5. The molecule has 4 aromatic rings. The molecule has 0 radical (unpaired) electrons. The molecule has 1 fully saturated rings. The number of nitrogens with zero attached hydrogens (tertiary/aromatic N) is 5. The lowest BCUT2D eigenvalue weighted by Crippen LogP contribution is -2.34. The summed E-state index contributed by atoms with van der Waals surface area (Å²) in [5, 5.41) is 9.07. The van der Waals surface area contributed by atoms with E-state index in [9.17, 15) is 0 Å². The first kappa shape index (κ1) is 16.3. The normalized spacial score (nSPS) is 16.1. The highest BCUT2D eigenvalue weighted by Crippen LogP contribution is 2.29. The standard InChI is InChI=1S/C22H23N5/c1-2-4-18(5-3-1)15-25-11-9-20(10-12-25)27-13-8-19-14-21(6-7-22(19)27)26-16-23-24-17-26/h1-8,13-14,16-17,20H,9-12,15H2. The molecule has 5 rings (SSSR count). The molecule has 0 bridgehead atoms. The molecule has 3 heterocycles. The molecule has 1 aliphatic heterocycles. The van der Waals surface area contributed by atoms with E-state index in [0.29, 0.717) is 6.04 Å². The van der Waals surface area contributed by atoms with E-state index in [0.717, 1.165) is 25.3 Å². The molecule has 136 valence electrons. The summed E-state index contributed by atoms with van der Waals surface area (Å²) < 4.78 is 4.41. The van der Waals surface area contributed by atoms with Crippen LogP contribution in [0.2, 0.25) is 0 Å². The van der Waals surface area contributed by atoms with Gasteiger partial charge in [0.15, 0.2) is 0 Å². The Labute approximate surface area is 158 Å². The van der Waals surface area contributed by atoms with Gasteiger partial charge in [-0.25, -0.2) is 0 Å². The third-order valence-corrected chi connectivity index (χ3v) is 5.62. The summed E-state index contributed by atoms with van der Waals surface area (Å²) in [6.07, 6.45) is 8.12. The molecule has 0 unspecified atom stereocenters. The number of hydrogen-bond acceptors (Lipinski definition) is 3. The summed E-state index contributed by atoms with van der Waals surface area (Å²) in [5.41, 5.74) is 3.82. The molecule has 0 aliphatic carbocycles. The number of rotatable bonds is 4. The Morgan fingerprint density at radius 2 is 1.67 bits per heavy atom. The first-order valence-electron chi connectivity index (χ1n) is 9.59. The van der Waals surface area contributed by atoms with Crippen LogP contribution in [-0.4, -0.2) is 37.3 Å². The van der Waals surface area contributed by atoms with Crippen LogP contribution < -0.4 is 0 Å². The summed E-state index contributed by atoms with van der Waals surface area (Å²) in [7, 11) is 0. The van der Waals surface area contributed by atoms with E-state index in [1.807, 2.05) is 4.57 Å². The predicted octanol–water partition coefficient (Wildman–Crippen LogP) is 4.06. The maximum Gasteiger partial charge on any atom is 0.123 e. The highest BCUT2D eigenvalue weighted by atomic mass is 15.2. The SMILES string of the molecule is c1ccc(CN2CCC(n3ccc4cc(-n5cnnc5)ccc43)CC2)cc1. The van der Waals surface area contributed by atoms with Crippen LogP contribution in [0.3, 0.4) is 0 Å². The van der Waals surface area contributed by atoms with Crippen molar-refractivity contribution in [3.05, 3.63) is 79.0 Å². The Morgan fingerprint density at radius 3 is 2.44 bits per heavy atom. The monoisotopic (exact) mass is 357 g/mol. The van der Waals surface area contributed by atoms with Crippen molar-refractivity contribution < 1.29 is 0 Å². The zero-order chi connectivity index (χ0) is 18.1. The first-order valence-corrected chi connectivity index (χ1v) is 9.59. The van der Waals surface area contributed by atoms with Crippen molar-refractivity contribution >= 4 is 10.9 Å². The summed E-state index contributed by atoms with van der Waals surface area (Å²) in [4.78, 5) is 2.57. The smallest absolute Gasteiger partial charge is 0.123 e. The summed E-state index contributed by atoms with van der Waals surface area (Å²) in [5.74, 6) is 0. The second-order valence-corrected chi connectivity index (χ2v) is 7.33. The van der Waals surface area contributed by atoms with Gasteiger partial charge in [0.1, 0.15) is 12.7 Å². The summed E-state index contributed by atoms with van der Waals surface area (Å²) in [6.45, 7) is 3.36. The Hall–Kier alpha value is -2.92. The minimum absolute atomic E-state index is 0.579. The van der Waals surface area contributed by atoms with Crippen molar-refractivity contribution in [1.29, 1.82) is 0 Å². The van der Waals surface area contributed by atoms with Gasteiger partial charge >= 0.3 is 0 Å². The number of hydrogen-bond donors (Lipinski definition) is 0. The number of fused-ring (bicyclic) bond motifs is 1. The molecule has 0 N–H and O–H groups in total. The second kappa shape index (κ2) is 7.00. The van der Waals surface area contributed by atoms with E-state index in [4.69, 9.17) is 0 Å². The van der Waals surface area contributed by atoms with Crippen molar-refractivity contribution in [2.45, 2.75) is 25.4 Å². The number of aromatic nitrogens is 4. The third-order valence-electron chi connectivity index (χ3n) is 5.62. The molecule has 2 aromatic carbocycles. The molecule has 1 saturated heterocycles. The second-order valence-electron chi connectivity index (χ2n) is 7.33. The van der Waals surface area contributed by atoms with Gasteiger partial charge in [0, 0.05) is 48.5 Å². The summed E-state index contributed by atoms with van der Waals surface area (Å²) >= 11 is 0. The van der Waals surface area contributed by atoms with Crippen LogP contribution in [0, 0.1) is 0 Å². The van der Waals surface area contributed by atoms with Crippen LogP contribution in [0.1, 0.15) is 24.4 Å². The topological polar surface area (TPSA) is 38.9 Å². The van der Waals surface area contributed by atoms with Crippen molar-refractivity contribution in [2.24, 2.45) is 0 Å². The number of piperidine rings is 1. The van der Waals surface area contributed by atoms with E-state index >= 15 is 0 Å². The van der Waals surface area contributed by atoms with Gasteiger partial charge in [-0.1, -0.05) is 30.3 Å². The Bertz CT molecular complexity index is 1010. The van der Waals surface area contributed by atoms with Crippen molar-refractivity contribution in [2.75, 3.05) is 13.1 Å². The molecule has 1 aliphatic rings. The molecule has 5 heteroatoms. The van der Waals surface area contributed by atoms with Crippen LogP contribution in [0.5, 0.6) is 0 Å². The largest absolute Gasteiger partial charge is 0.344 e. The number of benzene rings is 2. The van der Waals surface area contributed by atoms with Crippen molar-refractivity contribution in [3.8, 4) is 5.69 Å². The van der Waals surface area contributed by atoms with E-state index in [1.54, 1.807) is 12.7 Å². The minimum Gasteiger partial charge on any atom is -0.344 e. The van der Waals surface area contributed by atoms with E-state index in [-0.39, 0.29) is 0 Å². The highest BCUT2D eigenvalue weighted by Gasteiger charge is 2.21. The van der Waals surface area contributed by atoms with Gasteiger partial charge in [-0.2, -0.15) is 0 Å². The molecule has 0 atom stereocenters. The zero-order valence-corrected chi connectivity index (χ0v) is 15.3. The predicted molar refractivity (Wildman–Crippen MR) is 107 cm³/mol. The van der Waals surface area contributed by atoms with Gasteiger partial charge in [0.25, 0.3) is 0 Å². The Morgan fingerprint density at radius 1 is 0.889 bits per heavy atom. The Balaban J connectivity index is 1.30. The Kier molecular flexibility index (Phi) is 4.22. The average Bonchev–Trinajstić information content (AvgIpc) is 3.39. The molecule has 27 heavy (non-hydrogen) atoms. The van der Waals surface area contributed by atoms with Crippen LogP contribution in [0.4, 0.5) is 0 Å². The van der Waals surface area contributed by atoms with Crippen LogP contribution in [0.15, 0.2) is 73.4 Å². The van der Waals surface area contributed by atoms with Crippen LogP contribution in [0.25, 0.3) is 16.6 Å². The van der Waals surface area contributed by atoms with Crippen LogP contribution >= 0.6 is 0 Å². The van der Waals surface area contributed by atoms with Crippen molar-refractivity contribution in [3.63, 3.8) is 0 Å². The molecule has 0 amide bonds. The van der Waals surface area contributed by atoms with Gasteiger partial charge in [-0.3, -0.25) is 9.47 Å². The zero-order valence-electron chi connectivity index (χ0n) is 15.3. The fourth-order valence-electron chi connectivity index (χ4n) is 4.16. The first-order chi connectivity index (χ1) is 13.4. The molecule has 0 spiro atoms. The van der Waals surface area contributed by atoms with Crippen molar-refractivity contribution in [1.82, 2.24) is 24.2 Å². The van der Waals surface area contributed by atoms with E-state index in [1.165, 1.54) is 29.3 Å². The number of likely N-dealkylation sites (tertiary alicyclic amines) is 1. The molecular weight excluding hydrogens is 334 g/mol. The highest BCUT2D eigenvalue weighted by molar-refractivity contribution is 5.82. The third kappa shape index (κ3) is 3.26.